The molecule has 0 saturated heterocycles. The van der Waals surface area contributed by atoms with E-state index in [4.69, 9.17) is 9.47 Å². The maximum atomic E-state index is 5.72. The van der Waals surface area contributed by atoms with E-state index >= 15 is 0 Å². The Morgan fingerprint density at radius 2 is 1.28 bits per heavy atom. The van der Waals surface area contributed by atoms with Crippen LogP contribution in [0, 0.1) is 0 Å². The largest absolute Gasteiger partial charge is 0.353 e. The smallest absolute Gasteiger partial charge is 0.157 e. The molecule has 0 aliphatic rings. The SMILES string of the molecule is CCCOC(CCCCCCCCI)OCCC. The predicted molar refractivity (Wildman–Crippen MR) is 87.5 cm³/mol. The zero-order chi connectivity index (χ0) is 13.5. The lowest BCUT2D eigenvalue weighted by Crippen LogP contribution is -2.18. The number of halogens is 1. The summed E-state index contributed by atoms with van der Waals surface area (Å²) in [5.41, 5.74) is 0. The van der Waals surface area contributed by atoms with E-state index in [9.17, 15) is 0 Å². The van der Waals surface area contributed by atoms with Crippen molar-refractivity contribution >= 4 is 22.6 Å². The molecule has 0 unspecified atom stereocenters. The molecule has 0 aromatic heterocycles. The Bertz CT molecular complexity index is 145. The second-order valence-corrected chi connectivity index (χ2v) is 5.85. The molecule has 0 aliphatic heterocycles. The number of rotatable bonds is 14. The summed E-state index contributed by atoms with van der Waals surface area (Å²) in [6.07, 6.45) is 11.3. The van der Waals surface area contributed by atoms with Crippen LogP contribution in [0.2, 0.25) is 0 Å². The Morgan fingerprint density at radius 3 is 1.78 bits per heavy atom. The van der Waals surface area contributed by atoms with Gasteiger partial charge < -0.3 is 9.47 Å². The van der Waals surface area contributed by atoms with Crippen LogP contribution in [-0.2, 0) is 9.47 Å². The van der Waals surface area contributed by atoms with Crippen LogP contribution in [0.1, 0.15) is 71.6 Å². The van der Waals surface area contributed by atoms with E-state index in [1.54, 1.807) is 0 Å². The van der Waals surface area contributed by atoms with Crippen molar-refractivity contribution in [2.75, 3.05) is 17.6 Å². The van der Waals surface area contributed by atoms with Gasteiger partial charge in [-0.3, -0.25) is 0 Å². The first kappa shape index (κ1) is 18.7. The molecule has 110 valence electrons. The van der Waals surface area contributed by atoms with Gasteiger partial charge in [-0.25, -0.2) is 0 Å². The van der Waals surface area contributed by atoms with Gasteiger partial charge in [0.2, 0.25) is 0 Å². The van der Waals surface area contributed by atoms with Gasteiger partial charge in [0, 0.05) is 13.2 Å². The summed E-state index contributed by atoms with van der Waals surface area (Å²) in [5, 5.41) is 0. The van der Waals surface area contributed by atoms with Crippen molar-refractivity contribution in [3.63, 3.8) is 0 Å². The van der Waals surface area contributed by atoms with Gasteiger partial charge in [-0.1, -0.05) is 62.1 Å². The van der Waals surface area contributed by atoms with Gasteiger partial charge in [-0.2, -0.15) is 0 Å². The zero-order valence-electron chi connectivity index (χ0n) is 12.3. The molecule has 2 nitrogen and oxygen atoms in total. The number of alkyl halides is 1. The average Bonchev–Trinajstić information content (AvgIpc) is 2.40. The van der Waals surface area contributed by atoms with Crippen LogP contribution in [-0.4, -0.2) is 23.9 Å². The van der Waals surface area contributed by atoms with Crippen molar-refractivity contribution in [3.8, 4) is 0 Å². The molecule has 0 heterocycles. The van der Waals surface area contributed by atoms with Crippen molar-refractivity contribution in [1.29, 1.82) is 0 Å². The molecule has 0 spiro atoms. The van der Waals surface area contributed by atoms with Gasteiger partial charge in [0.05, 0.1) is 0 Å². The molecule has 0 aromatic carbocycles. The summed E-state index contributed by atoms with van der Waals surface area (Å²) in [7, 11) is 0. The highest BCUT2D eigenvalue weighted by molar-refractivity contribution is 14.1. The third-order valence-corrected chi connectivity index (χ3v) is 3.60. The first-order valence-corrected chi connectivity index (χ1v) is 9.16. The van der Waals surface area contributed by atoms with Gasteiger partial charge in [0.25, 0.3) is 0 Å². The fourth-order valence-electron chi connectivity index (χ4n) is 1.83. The van der Waals surface area contributed by atoms with Crippen molar-refractivity contribution in [2.24, 2.45) is 0 Å². The topological polar surface area (TPSA) is 18.5 Å². The molecule has 0 N–H and O–H groups in total. The van der Waals surface area contributed by atoms with Gasteiger partial charge in [0.1, 0.15) is 0 Å². The van der Waals surface area contributed by atoms with Crippen LogP contribution >= 0.6 is 22.6 Å². The quantitative estimate of drug-likeness (QED) is 0.178. The molecule has 0 atom stereocenters. The number of hydrogen-bond acceptors (Lipinski definition) is 2. The monoisotopic (exact) mass is 370 g/mol. The van der Waals surface area contributed by atoms with E-state index in [1.165, 1.54) is 43.0 Å². The molecule has 0 rings (SSSR count). The molecule has 0 aliphatic carbocycles. The molecule has 0 saturated carbocycles. The van der Waals surface area contributed by atoms with E-state index in [2.05, 4.69) is 36.4 Å². The molecule has 0 amide bonds. The van der Waals surface area contributed by atoms with E-state index < -0.39 is 0 Å². The summed E-state index contributed by atoms with van der Waals surface area (Å²) in [6.45, 7) is 5.93. The fraction of sp³-hybridized carbons (Fsp3) is 1.00. The minimum absolute atomic E-state index is 0.0410. The van der Waals surface area contributed by atoms with E-state index in [0.29, 0.717) is 0 Å². The molecular formula is C15H31IO2. The summed E-state index contributed by atoms with van der Waals surface area (Å²) in [5.74, 6) is 0. The van der Waals surface area contributed by atoms with Crippen LogP contribution < -0.4 is 0 Å². The van der Waals surface area contributed by atoms with Crippen LogP contribution in [0.4, 0.5) is 0 Å². The highest BCUT2D eigenvalue weighted by Crippen LogP contribution is 2.12. The third kappa shape index (κ3) is 13.1. The number of unbranched alkanes of at least 4 members (excludes halogenated alkanes) is 5. The van der Waals surface area contributed by atoms with Crippen LogP contribution in [0.3, 0.4) is 0 Å². The summed E-state index contributed by atoms with van der Waals surface area (Å²) in [6, 6.07) is 0. The lowest BCUT2D eigenvalue weighted by Gasteiger charge is -2.18. The minimum atomic E-state index is 0.0410. The second-order valence-electron chi connectivity index (χ2n) is 4.77. The molecule has 0 bridgehead atoms. The fourth-order valence-corrected chi connectivity index (χ4v) is 2.37. The first-order chi connectivity index (χ1) is 8.85. The first-order valence-electron chi connectivity index (χ1n) is 7.64. The summed E-state index contributed by atoms with van der Waals surface area (Å²) in [4.78, 5) is 0. The maximum absolute atomic E-state index is 5.72. The molecule has 18 heavy (non-hydrogen) atoms. The van der Waals surface area contributed by atoms with E-state index in [1.807, 2.05) is 0 Å². The van der Waals surface area contributed by atoms with Crippen molar-refractivity contribution in [3.05, 3.63) is 0 Å². The predicted octanol–water partition coefficient (Wildman–Crippen LogP) is 5.33. The summed E-state index contributed by atoms with van der Waals surface area (Å²) >= 11 is 2.46. The van der Waals surface area contributed by atoms with Crippen LogP contribution in [0.5, 0.6) is 0 Å². The lowest BCUT2D eigenvalue weighted by molar-refractivity contribution is -0.146. The highest BCUT2D eigenvalue weighted by atomic mass is 127. The number of ether oxygens (including phenoxy) is 2. The number of hydrogen-bond donors (Lipinski definition) is 0. The maximum Gasteiger partial charge on any atom is 0.157 e. The molecule has 0 fully saturated rings. The third-order valence-electron chi connectivity index (χ3n) is 2.84. The molecule has 0 aromatic rings. The van der Waals surface area contributed by atoms with Gasteiger partial charge >= 0.3 is 0 Å². The summed E-state index contributed by atoms with van der Waals surface area (Å²) < 4.78 is 12.7. The Kier molecular flexibility index (Phi) is 16.3. The van der Waals surface area contributed by atoms with Gasteiger partial charge in [-0.15, -0.1) is 0 Å². The Hall–Kier alpha value is 0.650. The standard InChI is InChI=1S/C15H31IO2/c1-3-13-17-15(18-14-4-2)11-9-7-5-6-8-10-12-16/h15H,3-14H2,1-2H3. The van der Waals surface area contributed by atoms with E-state index in [0.717, 1.165) is 32.5 Å². The van der Waals surface area contributed by atoms with Crippen LogP contribution in [0.25, 0.3) is 0 Å². The second kappa shape index (κ2) is 15.7. The van der Waals surface area contributed by atoms with E-state index in [-0.39, 0.29) is 6.29 Å². The van der Waals surface area contributed by atoms with Gasteiger partial charge in [-0.05, 0) is 36.5 Å². The molecular weight excluding hydrogens is 339 g/mol. The normalized spacial score (nSPS) is 11.3. The van der Waals surface area contributed by atoms with Crippen LogP contribution in [0.15, 0.2) is 0 Å². The highest BCUT2D eigenvalue weighted by Gasteiger charge is 2.07. The Labute approximate surface area is 127 Å². The average molecular weight is 370 g/mol. The Balaban J connectivity index is 3.43. The minimum Gasteiger partial charge on any atom is -0.353 e. The molecule has 0 radical (unpaired) electrons. The zero-order valence-corrected chi connectivity index (χ0v) is 14.4. The van der Waals surface area contributed by atoms with Crippen molar-refractivity contribution in [1.82, 2.24) is 0 Å². The van der Waals surface area contributed by atoms with Crippen molar-refractivity contribution < 1.29 is 9.47 Å². The Morgan fingerprint density at radius 1 is 0.778 bits per heavy atom. The van der Waals surface area contributed by atoms with Gasteiger partial charge in [0.15, 0.2) is 6.29 Å². The molecule has 3 heteroatoms. The lowest BCUT2D eigenvalue weighted by atomic mass is 10.1. The van der Waals surface area contributed by atoms with Crippen molar-refractivity contribution in [2.45, 2.75) is 77.9 Å².